The van der Waals surface area contributed by atoms with Crippen LogP contribution in [0.25, 0.3) is 5.69 Å². The van der Waals surface area contributed by atoms with Crippen molar-refractivity contribution in [2.75, 3.05) is 11.9 Å². The molecule has 0 spiro atoms. The first kappa shape index (κ1) is 27.8. The highest BCUT2D eigenvalue weighted by Crippen LogP contribution is 2.35. The van der Waals surface area contributed by atoms with Gasteiger partial charge in [-0.05, 0) is 55.7 Å². The second kappa shape index (κ2) is 11.5. The molecule has 198 valence electrons. The minimum atomic E-state index is -4.09. The fourth-order valence-electron chi connectivity index (χ4n) is 3.47. The maximum absolute atomic E-state index is 13.9. The van der Waals surface area contributed by atoms with Gasteiger partial charge in [-0.3, -0.25) is 4.79 Å². The van der Waals surface area contributed by atoms with Crippen LogP contribution in [0.2, 0.25) is 0 Å². The number of carboxylic acids is 1. The Labute approximate surface area is 214 Å². The van der Waals surface area contributed by atoms with Crippen molar-refractivity contribution >= 4 is 27.6 Å². The summed E-state index contributed by atoms with van der Waals surface area (Å²) in [6.45, 7) is 7.19. The number of hydrogen-bond acceptors (Lipinski definition) is 6. The van der Waals surface area contributed by atoms with E-state index in [9.17, 15) is 27.5 Å². The van der Waals surface area contributed by atoms with E-state index in [2.05, 4.69) is 15.1 Å². The summed E-state index contributed by atoms with van der Waals surface area (Å²) in [5.74, 6) is -2.33. The molecule has 0 saturated carbocycles. The Morgan fingerprint density at radius 3 is 2.54 bits per heavy atom. The van der Waals surface area contributed by atoms with Gasteiger partial charge >= 0.3 is 5.97 Å². The van der Waals surface area contributed by atoms with Crippen LogP contribution in [-0.4, -0.2) is 41.7 Å². The summed E-state index contributed by atoms with van der Waals surface area (Å²) >= 11 is 0. The number of ether oxygens (including phenoxy) is 1. The van der Waals surface area contributed by atoms with Gasteiger partial charge in [0.25, 0.3) is 0 Å². The summed E-state index contributed by atoms with van der Waals surface area (Å²) in [5.41, 5.74) is 0.189. The van der Waals surface area contributed by atoms with E-state index >= 15 is 0 Å². The molecule has 0 saturated heterocycles. The number of benzene rings is 2. The zero-order valence-corrected chi connectivity index (χ0v) is 21.7. The lowest BCUT2D eigenvalue weighted by Gasteiger charge is -2.16. The van der Waals surface area contributed by atoms with Gasteiger partial charge in [0.15, 0.2) is 5.69 Å². The zero-order valence-electron chi connectivity index (χ0n) is 20.9. The van der Waals surface area contributed by atoms with E-state index in [4.69, 9.17) is 4.74 Å². The first-order valence-electron chi connectivity index (χ1n) is 11.6. The third-order valence-electron chi connectivity index (χ3n) is 5.18. The number of nitrogens with one attached hydrogen (secondary N) is 2. The molecule has 3 rings (SSSR count). The Hall–Kier alpha value is -3.77. The van der Waals surface area contributed by atoms with Crippen LogP contribution in [0.4, 0.5) is 10.1 Å². The molecular weight excluding hydrogens is 503 g/mol. The number of hydrogen-bond donors (Lipinski definition) is 3. The molecule has 0 atom stereocenters. The van der Waals surface area contributed by atoms with E-state index < -0.39 is 21.8 Å². The van der Waals surface area contributed by atoms with Gasteiger partial charge in [0, 0.05) is 24.2 Å². The predicted molar refractivity (Wildman–Crippen MR) is 135 cm³/mol. The first-order valence-corrected chi connectivity index (χ1v) is 13.1. The number of carbonyl (C=O) groups excluding carboxylic acids is 1. The monoisotopic (exact) mass is 532 g/mol. The van der Waals surface area contributed by atoms with E-state index in [0.717, 1.165) is 10.7 Å². The molecule has 0 aliphatic rings. The number of amides is 1. The lowest BCUT2D eigenvalue weighted by molar-refractivity contribution is -0.116. The molecule has 12 heteroatoms. The van der Waals surface area contributed by atoms with Crippen LogP contribution >= 0.6 is 0 Å². The average molecular weight is 533 g/mol. The summed E-state index contributed by atoms with van der Waals surface area (Å²) < 4.78 is 49.7. The van der Waals surface area contributed by atoms with Crippen LogP contribution in [-0.2, 0) is 14.8 Å². The number of anilines is 1. The van der Waals surface area contributed by atoms with Gasteiger partial charge < -0.3 is 15.2 Å². The fourth-order valence-corrected chi connectivity index (χ4v) is 4.75. The highest BCUT2D eigenvalue weighted by molar-refractivity contribution is 7.89. The van der Waals surface area contributed by atoms with Crippen molar-refractivity contribution in [1.82, 2.24) is 14.5 Å². The van der Waals surface area contributed by atoms with Crippen LogP contribution in [0.5, 0.6) is 11.6 Å². The minimum Gasteiger partial charge on any atom is -0.476 e. The number of sulfonamides is 1. The molecule has 1 amide bonds. The molecular formula is C25H29FN4O6S. The summed E-state index contributed by atoms with van der Waals surface area (Å²) in [7, 11) is -4.09. The Bertz CT molecular complexity index is 1420. The number of aromatic nitrogens is 2. The maximum Gasteiger partial charge on any atom is 0.356 e. The molecule has 3 aromatic rings. The van der Waals surface area contributed by atoms with Crippen LogP contribution in [0.3, 0.4) is 0 Å². The Balaban J connectivity index is 2.13. The van der Waals surface area contributed by atoms with Gasteiger partial charge in [-0.2, -0.15) is 9.78 Å². The maximum atomic E-state index is 13.9. The summed E-state index contributed by atoms with van der Waals surface area (Å²) in [6, 6.07) is 9.37. The van der Waals surface area contributed by atoms with Crippen molar-refractivity contribution in [2.45, 2.75) is 45.4 Å². The molecule has 0 bridgehead atoms. The number of aromatic carboxylic acids is 1. The summed E-state index contributed by atoms with van der Waals surface area (Å²) in [4.78, 5) is 23.7. The van der Waals surface area contributed by atoms with Crippen LogP contribution in [0.1, 0.15) is 49.7 Å². The molecule has 0 radical (unpaired) electrons. The van der Waals surface area contributed by atoms with E-state index in [1.807, 2.05) is 13.8 Å². The molecule has 1 aromatic heterocycles. The SMILES string of the molecule is CCCNS(=O)(=O)c1cc(NC(=O)CC(C)C)ccc1Oc1c(C)c(C(=O)O)nn1-c1cccc(F)c1. The molecule has 0 unspecified atom stereocenters. The van der Waals surface area contributed by atoms with Crippen molar-refractivity contribution in [3.05, 3.63) is 59.5 Å². The molecule has 3 N–H and O–H groups in total. The number of nitrogens with zero attached hydrogens (tertiary/aromatic N) is 2. The molecule has 0 aliphatic heterocycles. The molecule has 1 heterocycles. The third kappa shape index (κ3) is 6.71. The summed E-state index contributed by atoms with van der Waals surface area (Å²) in [6.07, 6.45) is 0.784. The van der Waals surface area contributed by atoms with Crippen LogP contribution < -0.4 is 14.8 Å². The van der Waals surface area contributed by atoms with Gasteiger partial charge in [0.05, 0.1) is 5.69 Å². The fraction of sp³-hybridized carbons (Fsp3) is 0.320. The third-order valence-corrected chi connectivity index (χ3v) is 6.67. The van der Waals surface area contributed by atoms with Crippen molar-refractivity contribution in [3.8, 4) is 17.3 Å². The number of halogens is 1. The largest absolute Gasteiger partial charge is 0.476 e. The standard InChI is InChI=1S/C25H29FN4O6S/c1-5-11-27-37(34,35)21-14-18(28-22(31)12-15(2)3)9-10-20(21)36-24-16(4)23(25(32)33)29-30(24)19-8-6-7-17(26)13-19/h6-10,13-15,27H,5,11-12H2,1-4H3,(H,28,31)(H,32,33). The van der Waals surface area contributed by atoms with E-state index in [-0.39, 0.29) is 63.9 Å². The molecule has 0 aliphatic carbocycles. The van der Waals surface area contributed by atoms with E-state index in [0.29, 0.717) is 6.42 Å². The van der Waals surface area contributed by atoms with Gasteiger partial charge in [0.2, 0.25) is 21.8 Å². The molecule has 37 heavy (non-hydrogen) atoms. The Kier molecular flexibility index (Phi) is 8.66. The van der Waals surface area contributed by atoms with Crippen molar-refractivity contribution in [3.63, 3.8) is 0 Å². The highest BCUT2D eigenvalue weighted by atomic mass is 32.2. The number of carboxylic acid groups (broad SMARTS) is 1. The van der Waals surface area contributed by atoms with Gasteiger partial charge in [-0.15, -0.1) is 0 Å². The average Bonchev–Trinajstić information content (AvgIpc) is 3.14. The molecule has 0 fully saturated rings. The predicted octanol–water partition coefficient (Wildman–Crippen LogP) is 4.48. The van der Waals surface area contributed by atoms with E-state index in [1.54, 1.807) is 6.92 Å². The van der Waals surface area contributed by atoms with Gasteiger partial charge in [-0.1, -0.05) is 26.8 Å². The second-order valence-corrected chi connectivity index (χ2v) is 10.5. The second-order valence-electron chi connectivity index (χ2n) is 8.78. The normalized spacial score (nSPS) is 11.5. The molecule has 2 aromatic carbocycles. The van der Waals surface area contributed by atoms with Crippen LogP contribution in [0.15, 0.2) is 47.4 Å². The minimum absolute atomic E-state index is 0.103. The van der Waals surface area contributed by atoms with Gasteiger partial charge in [-0.25, -0.2) is 22.3 Å². The lowest BCUT2D eigenvalue weighted by atomic mass is 10.1. The Morgan fingerprint density at radius 2 is 1.92 bits per heavy atom. The Morgan fingerprint density at radius 1 is 1.19 bits per heavy atom. The quantitative estimate of drug-likeness (QED) is 0.331. The molecule has 10 nitrogen and oxygen atoms in total. The lowest BCUT2D eigenvalue weighted by Crippen LogP contribution is -2.25. The van der Waals surface area contributed by atoms with Crippen LogP contribution in [0, 0.1) is 18.7 Å². The van der Waals surface area contributed by atoms with Crippen molar-refractivity contribution < 1.29 is 32.2 Å². The topological polar surface area (TPSA) is 140 Å². The van der Waals surface area contributed by atoms with Crippen molar-refractivity contribution in [2.24, 2.45) is 5.92 Å². The first-order chi connectivity index (χ1) is 17.4. The summed E-state index contributed by atoms with van der Waals surface area (Å²) in [5, 5.41) is 16.3. The van der Waals surface area contributed by atoms with Gasteiger partial charge in [0.1, 0.15) is 16.5 Å². The zero-order chi connectivity index (χ0) is 27.3. The van der Waals surface area contributed by atoms with Crippen molar-refractivity contribution in [1.29, 1.82) is 0 Å². The number of rotatable bonds is 11. The highest BCUT2D eigenvalue weighted by Gasteiger charge is 2.26. The number of carbonyl (C=O) groups is 2. The van der Waals surface area contributed by atoms with E-state index in [1.165, 1.54) is 43.3 Å². The smallest absolute Gasteiger partial charge is 0.356 e.